The second-order valence-corrected chi connectivity index (χ2v) is 3.54. The summed E-state index contributed by atoms with van der Waals surface area (Å²) in [5.41, 5.74) is 4.93. The van der Waals surface area contributed by atoms with E-state index in [0.29, 0.717) is 29.8 Å². The first-order valence-electron chi connectivity index (χ1n) is 4.80. The fourth-order valence-electron chi connectivity index (χ4n) is 1.29. The number of nitrogens with zero attached hydrogens (tertiary/aromatic N) is 4. The summed E-state index contributed by atoms with van der Waals surface area (Å²) in [4.78, 5) is 18.4. The van der Waals surface area contributed by atoms with Gasteiger partial charge in [-0.3, -0.25) is 0 Å². The summed E-state index contributed by atoms with van der Waals surface area (Å²) in [6.07, 6.45) is 1.38. The molecule has 0 bridgehead atoms. The molecule has 0 aliphatic heterocycles. The second kappa shape index (κ2) is 4.83. The number of carbonyl (C=O) groups is 1. The minimum absolute atomic E-state index is 0.316. The highest BCUT2D eigenvalue weighted by molar-refractivity contribution is 6.29. The first-order chi connectivity index (χ1) is 8.16. The van der Waals surface area contributed by atoms with Crippen molar-refractivity contribution < 1.29 is 4.79 Å². The number of carbonyl (C=O) groups excluding carboxylic acids is 1. The zero-order valence-corrected chi connectivity index (χ0v) is 9.48. The van der Waals surface area contributed by atoms with Crippen molar-refractivity contribution in [2.75, 3.05) is 18.4 Å². The Labute approximate surface area is 101 Å². The molecule has 4 N–H and O–H groups in total. The van der Waals surface area contributed by atoms with Crippen LogP contribution < -0.4 is 16.4 Å². The van der Waals surface area contributed by atoms with Gasteiger partial charge in [0.05, 0.1) is 0 Å². The van der Waals surface area contributed by atoms with Crippen LogP contribution in [-0.2, 0) is 0 Å². The molecule has 0 saturated carbocycles. The SMILES string of the molecule is NC(=O)NCCNc1cc(Cl)nc2ncnn12. The number of hydrogen-bond donors (Lipinski definition) is 3. The number of halogens is 1. The molecule has 2 rings (SSSR count). The Balaban J connectivity index is 2.07. The van der Waals surface area contributed by atoms with Crippen LogP contribution in [-0.4, -0.2) is 38.7 Å². The molecule has 0 atom stereocenters. The lowest BCUT2D eigenvalue weighted by atomic mass is 10.5. The predicted molar refractivity (Wildman–Crippen MR) is 61.9 cm³/mol. The molecule has 9 heteroatoms. The summed E-state index contributed by atoms with van der Waals surface area (Å²) in [5.74, 6) is 1.05. The summed E-state index contributed by atoms with van der Waals surface area (Å²) in [6.45, 7) is 0.879. The fraction of sp³-hybridized carbons (Fsp3) is 0.250. The van der Waals surface area contributed by atoms with Gasteiger partial charge in [0.2, 0.25) is 0 Å². The highest BCUT2D eigenvalue weighted by atomic mass is 35.5. The van der Waals surface area contributed by atoms with Gasteiger partial charge in [0.1, 0.15) is 17.3 Å². The summed E-state index contributed by atoms with van der Waals surface area (Å²) >= 11 is 5.82. The van der Waals surface area contributed by atoms with E-state index in [1.165, 1.54) is 10.8 Å². The third-order valence-electron chi connectivity index (χ3n) is 1.95. The van der Waals surface area contributed by atoms with E-state index < -0.39 is 6.03 Å². The van der Waals surface area contributed by atoms with Gasteiger partial charge in [0.15, 0.2) is 0 Å². The number of primary amides is 1. The molecule has 0 aliphatic carbocycles. The molecular weight excluding hydrogens is 246 g/mol. The van der Waals surface area contributed by atoms with Gasteiger partial charge in [-0.25, -0.2) is 4.79 Å². The molecule has 2 amide bonds. The molecule has 0 spiro atoms. The first kappa shape index (κ1) is 11.4. The molecule has 2 aromatic rings. The standard InChI is InChI=1S/C8H10ClN7O/c9-5-3-6(11-1-2-12-7(10)17)16-8(15-5)13-4-14-16/h3-4,11H,1-2H2,(H3,10,12,17). The van der Waals surface area contributed by atoms with Crippen LogP contribution in [0.2, 0.25) is 5.15 Å². The molecule has 0 saturated heterocycles. The maximum atomic E-state index is 10.5. The minimum Gasteiger partial charge on any atom is -0.368 e. The Morgan fingerprint density at radius 2 is 2.35 bits per heavy atom. The van der Waals surface area contributed by atoms with Gasteiger partial charge in [-0.1, -0.05) is 11.6 Å². The number of hydrogen-bond acceptors (Lipinski definition) is 5. The highest BCUT2D eigenvalue weighted by Crippen LogP contribution is 2.13. The zero-order valence-electron chi connectivity index (χ0n) is 8.72. The molecule has 90 valence electrons. The van der Waals surface area contributed by atoms with Crippen LogP contribution in [0.4, 0.5) is 10.6 Å². The van der Waals surface area contributed by atoms with E-state index in [1.54, 1.807) is 6.07 Å². The van der Waals surface area contributed by atoms with Crippen LogP contribution in [0.1, 0.15) is 0 Å². The average molecular weight is 256 g/mol. The number of fused-ring (bicyclic) bond motifs is 1. The lowest BCUT2D eigenvalue weighted by molar-refractivity contribution is 0.249. The summed E-state index contributed by atoms with van der Waals surface area (Å²) in [7, 11) is 0. The maximum Gasteiger partial charge on any atom is 0.312 e. The molecular formula is C8H10ClN7O. The molecule has 0 aromatic carbocycles. The molecule has 2 heterocycles. The van der Waals surface area contributed by atoms with Crippen LogP contribution >= 0.6 is 11.6 Å². The second-order valence-electron chi connectivity index (χ2n) is 3.15. The van der Waals surface area contributed by atoms with E-state index in [4.69, 9.17) is 17.3 Å². The Morgan fingerprint density at radius 1 is 1.53 bits per heavy atom. The van der Waals surface area contributed by atoms with Crippen LogP contribution in [0, 0.1) is 0 Å². The number of aromatic nitrogens is 4. The molecule has 0 fully saturated rings. The number of anilines is 1. The van der Waals surface area contributed by atoms with Gasteiger partial charge in [0.25, 0.3) is 5.78 Å². The normalized spacial score (nSPS) is 10.4. The number of urea groups is 1. The lowest BCUT2D eigenvalue weighted by Gasteiger charge is -2.07. The zero-order chi connectivity index (χ0) is 12.3. The van der Waals surface area contributed by atoms with E-state index in [-0.39, 0.29) is 0 Å². The van der Waals surface area contributed by atoms with E-state index in [2.05, 4.69) is 25.7 Å². The van der Waals surface area contributed by atoms with E-state index in [1.807, 2.05) is 0 Å². The lowest BCUT2D eigenvalue weighted by Crippen LogP contribution is -2.33. The smallest absolute Gasteiger partial charge is 0.312 e. The molecule has 0 radical (unpaired) electrons. The molecule has 0 aliphatic rings. The quantitative estimate of drug-likeness (QED) is 0.520. The van der Waals surface area contributed by atoms with Gasteiger partial charge in [-0.2, -0.15) is 19.6 Å². The van der Waals surface area contributed by atoms with Crippen molar-refractivity contribution in [3.05, 3.63) is 17.5 Å². The average Bonchev–Trinajstić information content (AvgIpc) is 2.71. The number of amides is 2. The van der Waals surface area contributed by atoms with Crippen LogP contribution in [0.25, 0.3) is 5.78 Å². The Morgan fingerprint density at radius 3 is 3.12 bits per heavy atom. The number of nitrogens with two attached hydrogens (primary N) is 1. The van der Waals surface area contributed by atoms with Crippen molar-refractivity contribution in [3.8, 4) is 0 Å². The van der Waals surface area contributed by atoms with Crippen LogP contribution in [0.5, 0.6) is 0 Å². The van der Waals surface area contributed by atoms with Crippen molar-refractivity contribution in [1.29, 1.82) is 0 Å². The fourth-order valence-corrected chi connectivity index (χ4v) is 1.46. The van der Waals surface area contributed by atoms with Crippen molar-refractivity contribution in [3.63, 3.8) is 0 Å². The first-order valence-corrected chi connectivity index (χ1v) is 5.18. The van der Waals surface area contributed by atoms with Crippen molar-refractivity contribution in [2.45, 2.75) is 0 Å². The van der Waals surface area contributed by atoms with Crippen LogP contribution in [0.3, 0.4) is 0 Å². The summed E-state index contributed by atoms with van der Waals surface area (Å²) in [5, 5.41) is 9.79. The number of nitrogens with one attached hydrogen (secondary N) is 2. The van der Waals surface area contributed by atoms with Crippen LogP contribution in [0.15, 0.2) is 12.4 Å². The van der Waals surface area contributed by atoms with E-state index >= 15 is 0 Å². The monoisotopic (exact) mass is 255 g/mol. The Hall–Kier alpha value is -2.09. The Bertz CT molecular complexity index is 540. The van der Waals surface area contributed by atoms with Gasteiger partial charge < -0.3 is 16.4 Å². The van der Waals surface area contributed by atoms with Crippen molar-refractivity contribution in [1.82, 2.24) is 24.9 Å². The topological polar surface area (TPSA) is 110 Å². The molecule has 2 aromatic heterocycles. The summed E-state index contributed by atoms with van der Waals surface area (Å²) in [6, 6.07) is 1.05. The highest BCUT2D eigenvalue weighted by Gasteiger charge is 2.05. The van der Waals surface area contributed by atoms with Gasteiger partial charge in [-0.05, 0) is 0 Å². The molecule has 8 nitrogen and oxygen atoms in total. The van der Waals surface area contributed by atoms with Crippen molar-refractivity contribution >= 4 is 29.2 Å². The summed E-state index contributed by atoms with van der Waals surface area (Å²) < 4.78 is 1.51. The van der Waals surface area contributed by atoms with Gasteiger partial charge in [-0.15, -0.1) is 0 Å². The minimum atomic E-state index is -0.564. The number of rotatable bonds is 4. The van der Waals surface area contributed by atoms with E-state index in [0.717, 1.165) is 0 Å². The third kappa shape index (κ3) is 2.72. The third-order valence-corrected chi connectivity index (χ3v) is 2.14. The maximum absolute atomic E-state index is 10.5. The molecule has 0 unspecified atom stereocenters. The van der Waals surface area contributed by atoms with E-state index in [9.17, 15) is 4.79 Å². The van der Waals surface area contributed by atoms with Crippen molar-refractivity contribution in [2.24, 2.45) is 5.73 Å². The Kier molecular flexibility index (Phi) is 3.24. The molecule has 17 heavy (non-hydrogen) atoms. The largest absolute Gasteiger partial charge is 0.368 e. The van der Waals surface area contributed by atoms with Gasteiger partial charge >= 0.3 is 6.03 Å². The predicted octanol–water partition coefficient (Wildman–Crippen LogP) is -0.142. The van der Waals surface area contributed by atoms with Gasteiger partial charge in [0, 0.05) is 19.2 Å².